The van der Waals surface area contributed by atoms with E-state index >= 15 is 0 Å². The zero-order valence-corrected chi connectivity index (χ0v) is 11.9. The van der Waals surface area contributed by atoms with Crippen molar-refractivity contribution in [3.05, 3.63) is 60.7 Å². The van der Waals surface area contributed by atoms with Gasteiger partial charge in [-0.1, -0.05) is 60.7 Å². The van der Waals surface area contributed by atoms with Gasteiger partial charge in [0, 0.05) is 0 Å². The van der Waals surface area contributed by atoms with Gasteiger partial charge >= 0.3 is 8.60 Å². The molecule has 0 atom stereocenters. The van der Waals surface area contributed by atoms with E-state index in [1.165, 1.54) is 0 Å². The smallest absolute Gasteiger partial charge is 0.316 e. The second kappa shape index (κ2) is 5.74. The maximum Gasteiger partial charge on any atom is 0.316 e. The average molecular weight is 278 g/mol. The molecule has 0 bridgehead atoms. The first kappa shape index (κ1) is 13.4. The summed E-state index contributed by atoms with van der Waals surface area (Å²) >= 11 is 0. The summed E-state index contributed by atoms with van der Waals surface area (Å²) in [4.78, 5) is 18.5. The third-order valence-corrected chi connectivity index (χ3v) is 7.90. The van der Waals surface area contributed by atoms with Crippen LogP contribution in [0, 0.1) is 0 Å². The lowest BCUT2D eigenvalue weighted by Crippen LogP contribution is -2.57. The highest BCUT2D eigenvalue weighted by Crippen LogP contribution is 2.30. The van der Waals surface area contributed by atoms with Gasteiger partial charge in [0.05, 0.1) is 0 Å². The molecule has 0 amide bonds. The van der Waals surface area contributed by atoms with E-state index in [0.29, 0.717) is 0 Å². The molecule has 0 aliphatic rings. The summed E-state index contributed by atoms with van der Waals surface area (Å²) in [5.74, 6) is 0. The van der Waals surface area contributed by atoms with Crippen molar-refractivity contribution in [2.75, 3.05) is 0 Å². The highest BCUT2D eigenvalue weighted by Gasteiger charge is 2.36. The van der Waals surface area contributed by atoms with Crippen LogP contribution in [0.1, 0.15) is 0 Å². The van der Waals surface area contributed by atoms with Crippen LogP contribution in [0.2, 0.25) is 6.55 Å². The Labute approximate surface area is 109 Å². The van der Waals surface area contributed by atoms with Crippen LogP contribution in [0.25, 0.3) is 0 Å². The van der Waals surface area contributed by atoms with Gasteiger partial charge in [-0.15, -0.1) is 0 Å². The topological polar surface area (TPSA) is 49.7 Å². The zero-order chi connectivity index (χ0) is 13.0. The molecule has 0 aromatic heterocycles. The van der Waals surface area contributed by atoms with Gasteiger partial charge in [-0.3, -0.25) is 0 Å². The van der Waals surface area contributed by atoms with Crippen molar-refractivity contribution >= 4 is 27.3 Å². The Balaban J connectivity index is 2.48. The molecule has 0 saturated heterocycles. The van der Waals surface area contributed by atoms with Crippen molar-refractivity contribution < 1.29 is 14.0 Å². The lowest BCUT2D eigenvalue weighted by Gasteiger charge is -2.28. The van der Waals surface area contributed by atoms with Crippen molar-refractivity contribution in [3.63, 3.8) is 0 Å². The van der Waals surface area contributed by atoms with Gasteiger partial charge in [0.15, 0.2) is 0 Å². The molecule has 94 valence electrons. The van der Waals surface area contributed by atoms with Crippen LogP contribution in [0.15, 0.2) is 60.7 Å². The van der Waals surface area contributed by atoms with E-state index in [1.54, 1.807) is 0 Å². The minimum atomic E-state index is -2.54. The summed E-state index contributed by atoms with van der Waals surface area (Å²) in [6, 6.07) is 19.5. The highest BCUT2D eigenvalue weighted by atomic mass is 31.2. The molecule has 2 N–H and O–H groups in total. The zero-order valence-electron chi connectivity index (χ0n) is 10.0. The molecule has 0 aliphatic heterocycles. The average Bonchev–Trinajstić information content (AvgIpc) is 2.40. The molecule has 18 heavy (non-hydrogen) atoms. The first-order valence-corrected chi connectivity index (χ1v) is 9.18. The van der Waals surface area contributed by atoms with Gasteiger partial charge in [-0.25, -0.2) is 0 Å². The summed E-state index contributed by atoms with van der Waals surface area (Å²) in [5.41, 5.74) is 0. The highest BCUT2D eigenvalue weighted by molar-refractivity contribution is 7.42. The van der Waals surface area contributed by atoms with E-state index in [0.717, 1.165) is 10.4 Å². The largest absolute Gasteiger partial charge is 0.345 e. The molecule has 0 radical (unpaired) electrons. The van der Waals surface area contributed by atoms with Crippen molar-refractivity contribution in [2.24, 2.45) is 0 Å². The van der Waals surface area contributed by atoms with Crippen LogP contribution < -0.4 is 10.4 Å². The summed E-state index contributed by atoms with van der Waals surface area (Å²) < 4.78 is 5.52. The van der Waals surface area contributed by atoms with E-state index < -0.39 is 16.9 Å². The Morgan fingerprint density at radius 1 is 0.833 bits per heavy atom. The van der Waals surface area contributed by atoms with Crippen molar-refractivity contribution in [2.45, 2.75) is 6.55 Å². The molecular weight excluding hydrogens is 263 g/mol. The van der Waals surface area contributed by atoms with Crippen molar-refractivity contribution in [1.29, 1.82) is 0 Å². The number of hydrogen-bond acceptors (Lipinski definition) is 3. The number of rotatable bonds is 4. The van der Waals surface area contributed by atoms with Crippen LogP contribution in [0.3, 0.4) is 0 Å². The molecule has 0 unspecified atom stereocenters. The first-order chi connectivity index (χ1) is 8.63. The quantitative estimate of drug-likeness (QED) is 0.660. The molecule has 2 rings (SSSR count). The van der Waals surface area contributed by atoms with Crippen molar-refractivity contribution in [1.82, 2.24) is 0 Å². The number of benzene rings is 2. The molecule has 2 aromatic rings. The van der Waals surface area contributed by atoms with E-state index in [4.69, 9.17) is 4.21 Å². The summed E-state index contributed by atoms with van der Waals surface area (Å²) in [5, 5.41) is 2.04. The Bertz CT molecular complexity index is 451. The predicted octanol–water partition coefficient (Wildman–Crippen LogP) is 1.60. The fourth-order valence-corrected chi connectivity index (χ4v) is 6.09. The van der Waals surface area contributed by atoms with Gasteiger partial charge in [0.1, 0.15) is 0 Å². The van der Waals surface area contributed by atoms with E-state index in [9.17, 15) is 9.79 Å². The molecule has 2 aromatic carbocycles. The second-order valence-corrected chi connectivity index (χ2v) is 8.57. The second-order valence-electron chi connectivity index (χ2n) is 4.11. The third-order valence-electron chi connectivity index (χ3n) is 2.91. The standard InChI is InChI=1S/C13H15O3PSi/c1-18(16-17(14)15,12-8-4-2-5-9-12)13-10-6-3-7-11-13/h2-11,14-15H,1H3. The Hall–Kier alpha value is -1.03. The number of hydrogen-bond donors (Lipinski definition) is 2. The van der Waals surface area contributed by atoms with Crippen LogP contribution in [0.5, 0.6) is 0 Å². The maximum absolute atomic E-state index is 9.24. The molecule has 0 fully saturated rings. The SMILES string of the molecule is C[Si](OP(O)O)(c1ccccc1)c1ccccc1. The van der Waals surface area contributed by atoms with E-state index in [2.05, 4.69) is 0 Å². The summed E-state index contributed by atoms with van der Waals surface area (Å²) in [7, 11) is -4.91. The monoisotopic (exact) mass is 278 g/mol. The molecule has 0 heterocycles. The van der Waals surface area contributed by atoms with Gasteiger partial charge in [-0.2, -0.15) is 0 Å². The van der Waals surface area contributed by atoms with Gasteiger partial charge in [-0.05, 0) is 16.9 Å². The summed E-state index contributed by atoms with van der Waals surface area (Å²) in [6.45, 7) is 1.97. The molecule has 0 saturated carbocycles. The molecule has 0 spiro atoms. The van der Waals surface area contributed by atoms with Gasteiger partial charge in [0.25, 0.3) is 8.32 Å². The van der Waals surface area contributed by atoms with Gasteiger partial charge in [0.2, 0.25) is 0 Å². The normalized spacial score (nSPS) is 11.8. The fourth-order valence-electron chi connectivity index (χ4n) is 1.95. The minimum Gasteiger partial charge on any atom is -0.345 e. The lowest BCUT2D eigenvalue weighted by atomic mass is 10.4. The molecule has 0 aliphatic carbocycles. The lowest BCUT2D eigenvalue weighted by molar-refractivity contribution is 0.377. The first-order valence-electron chi connectivity index (χ1n) is 5.61. The van der Waals surface area contributed by atoms with E-state index in [-0.39, 0.29) is 0 Å². The van der Waals surface area contributed by atoms with Gasteiger partial charge < -0.3 is 14.0 Å². The van der Waals surface area contributed by atoms with Crippen LogP contribution in [0.4, 0.5) is 0 Å². The minimum absolute atomic E-state index is 1.02. The maximum atomic E-state index is 9.24. The Kier molecular flexibility index (Phi) is 4.27. The van der Waals surface area contributed by atoms with Crippen LogP contribution >= 0.6 is 8.60 Å². The molecular formula is C13H15O3PSi. The molecule has 5 heteroatoms. The fraction of sp³-hybridized carbons (Fsp3) is 0.0769. The van der Waals surface area contributed by atoms with Crippen LogP contribution in [-0.2, 0) is 4.21 Å². The van der Waals surface area contributed by atoms with Crippen molar-refractivity contribution in [3.8, 4) is 0 Å². The Morgan fingerprint density at radius 2 is 1.22 bits per heavy atom. The third kappa shape index (κ3) is 2.86. The molecule has 3 nitrogen and oxygen atoms in total. The summed E-state index contributed by atoms with van der Waals surface area (Å²) in [6.07, 6.45) is 0. The Morgan fingerprint density at radius 3 is 1.56 bits per heavy atom. The predicted molar refractivity (Wildman–Crippen MR) is 76.2 cm³/mol. The van der Waals surface area contributed by atoms with Crippen LogP contribution in [-0.4, -0.2) is 18.1 Å². The van der Waals surface area contributed by atoms with E-state index in [1.807, 2.05) is 67.2 Å².